The fourth-order valence-corrected chi connectivity index (χ4v) is 9.05. The molecule has 0 spiro atoms. The number of hydrogen-bond acceptors (Lipinski definition) is 1. The van der Waals surface area contributed by atoms with Crippen molar-refractivity contribution in [3.8, 4) is 44.5 Å². The van der Waals surface area contributed by atoms with E-state index in [1.165, 1.54) is 88.3 Å². The number of hydrogen-bond donors (Lipinski definition) is 0. The summed E-state index contributed by atoms with van der Waals surface area (Å²) in [5, 5.41) is 5.03. The fourth-order valence-electron chi connectivity index (χ4n) is 9.05. The minimum absolute atomic E-state index is 1.11. The zero-order chi connectivity index (χ0) is 39.1. The van der Waals surface area contributed by atoms with Crippen LogP contribution in [0.4, 0.5) is 17.1 Å². The van der Waals surface area contributed by atoms with Crippen LogP contribution in [-0.4, -0.2) is 0 Å². The van der Waals surface area contributed by atoms with E-state index in [9.17, 15) is 0 Å². The van der Waals surface area contributed by atoms with Gasteiger partial charge in [-0.15, -0.1) is 0 Å². The maximum atomic E-state index is 2.41. The molecule has 0 amide bonds. The molecule has 10 aromatic rings. The Morgan fingerprint density at radius 1 is 0.254 bits per heavy atom. The highest BCUT2D eigenvalue weighted by atomic mass is 15.1. The van der Waals surface area contributed by atoms with Crippen LogP contribution < -0.4 is 4.90 Å². The molecule has 0 saturated heterocycles. The largest absolute Gasteiger partial charge is 0.310 e. The minimum atomic E-state index is 1.11. The standard InChI is InChI=1S/C58H39N/c1-5-15-40(16-6-1)42-25-30-47(31-26-42)59(48-32-27-43(28-33-48)41-17-7-2-8-18-41)56-38-37-52(51-23-13-14-24-53(51)56)55-39-46-29-34-49(44-19-9-3-10-20-44)58-50(35-36-54(55)57(46)58)45-21-11-4-12-22-45/h1-39H. The van der Waals surface area contributed by atoms with Crippen LogP contribution in [-0.2, 0) is 0 Å². The smallest absolute Gasteiger partial charge is 0.0540 e. The lowest BCUT2D eigenvalue weighted by molar-refractivity contribution is 1.30. The van der Waals surface area contributed by atoms with Crippen LogP contribution in [0.3, 0.4) is 0 Å². The van der Waals surface area contributed by atoms with Gasteiger partial charge in [0, 0.05) is 16.8 Å². The van der Waals surface area contributed by atoms with Gasteiger partial charge in [-0.3, -0.25) is 0 Å². The summed E-state index contributed by atoms with van der Waals surface area (Å²) in [5.41, 5.74) is 18.1. The summed E-state index contributed by atoms with van der Waals surface area (Å²) >= 11 is 0. The van der Waals surface area contributed by atoms with E-state index in [-0.39, 0.29) is 0 Å². The number of nitrogens with zero attached hydrogens (tertiary/aromatic N) is 1. The molecular weight excluding hydrogens is 711 g/mol. The zero-order valence-electron chi connectivity index (χ0n) is 32.5. The SMILES string of the molecule is C1=C(c2ccc(N(c3ccc(-c4ccccc4)cc3)c3ccc(-c4ccccc4)cc3)c3ccccc23)c2ccc(-c3ccccc3)c3c(-c4ccccc4)ccc1c23. The van der Waals surface area contributed by atoms with Gasteiger partial charge in [0.05, 0.1) is 5.69 Å². The number of fused-ring (bicyclic) bond motifs is 1. The third kappa shape index (κ3) is 6.12. The van der Waals surface area contributed by atoms with E-state index in [1.807, 2.05) is 0 Å². The second-order valence-electron chi connectivity index (χ2n) is 15.2. The monoisotopic (exact) mass is 749 g/mol. The van der Waals surface area contributed by atoms with Gasteiger partial charge in [-0.1, -0.05) is 200 Å². The van der Waals surface area contributed by atoms with Crippen LogP contribution in [0.1, 0.15) is 16.7 Å². The third-order valence-electron chi connectivity index (χ3n) is 11.8. The first-order valence-corrected chi connectivity index (χ1v) is 20.3. The van der Waals surface area contributed by atoms with Gasteiger partial charge in [-0.25, -0.2) is 0 Å². The zero-order valence-corrected chi connectivity index (χ0v) is 32.5. The highest BCUT2D eigenvalue weighted by Crippen LogP contribution is 2.49. The first-order valence-electron chi connectivity index (χ1n) is 20.3. The van der Waals surface area contributed by atoms with Crippen molar-refractivity contribution in [2.45, 2.75) is 0 Å². The third-order valence-corrected chi connectivity index (χ3v) is 11.8. The molecule has 0 heterocycles. The van der Waals surface area contributed by atoms with E-state index in [4.69, 9.17) is 0 Å². The van der Waals surface area contributed by atoms with Crippen molar-refractivity contribution in [1.82, 2.24) is 0 Å². The van der Waals surface area contributed by atoms with Crippen molar-refractivity contribution in [2.75, 3.05) is 4.90 Å². The van der Waals surface area contributed by atoms with E-state index < -0.39 is 0 Å². The predicted octanol–water partition coefficient (Wildman–Crippen LogP) is 16.0. The number of benzene rings is 10. The van der Waals surface area contributed by atoms with Gasteiger partial charge in [0.25, 0.3) is 0 Å². The molecule has 0 atom stereocenters. The summed E-state index contributed by atoms with van der Waals surface area (Å²) in [6.45, 7) is 0. The van der Waals surface area contributed by atoms with Crippen LogP contribution in [0.2, 0.25) is 0 Å². The van der Waals surface area contributed by atoms with Gasteiger partial charge < -0.3 is 4.90 Å². The normalized spacial score (nSPS) is 11.8. The van der Waals surface area contributed by atoms with Gasteiger partial charge in [0.1, 0.15) is 0 Å². The second-order valence-corrected chi connectivity index (χ2v) is 15.2. The Bertz CT molecular complexity index is 3020. The van der Waals surface area contributed by atoms with Gasteiger partial charge in [0.2, 0.25) is 0 Å². The Kier molecular flexibility index (Phi) is 8.56. The summed E-state index contributed by atoms with van der Waals surface area (Å²) in [4.78, 5) is 2.41. The molecule has 0 fully saturated rings. The van der Waals surface area contributed by atoms with Gasteiger partial charge >= 0.3 is 0 Å². The van der Waals surface area contributed by atoms with Crippen molar-refractivity contribution in [3.05, 3.63) is 247 Å². The summed E-state index contributed by atoms with van der Waals surface area (Å²) < 4.78 is 0. The van der Waals surface area contributed by atoms with E-state index in [0.717, 1.165) is 17.1 Å². The van der Waals surface area contributed by atoms with Crippen LogP contribution >= 0.6 is 0 Å². The molecule has 1 aliphatic rings. The first-order chi connectivity index (χ1) is 29.3. The first kappa shape index (κ1) is 34.5. The van der Waals surface area contributed by atoms with Crippen molar-refractivity contribution < 1.29 is 0 Å². The molecule has 0 saturated carbocycles. The molecular formula is C58H39N. The number of anilines is 3. The van der Waals surface area contributed by atoms with Crippen molar-refractivity contribution in [2.24, 2.45) is 0 Å². The lowest BCUT2D eigenvalue weighted by atomic mass is 9.87. The molecule has 0 N–H and O–H groups in total. The molecule has 1 nitrogen and oxygen atoms in total. The summed E-state index contributed by atoms with van der Waals surface area (Å²) in [5.74, 6) is 0. The average molecular weight is 750 g/mol. The van der Waals surface area contributed by atoms with E-state index in [2.05, 4.69) is 241 Å². The lowest BCUT2D eigenvalue weighted by Crippen LogP contribution is -2.11. The highest BCUT2D eigenvalue weighted by molar-refractivity contribution is 6.22. The Morgan fingerprint density at radius 3 is 1.19 bits per heavy atom. The van der Waals surface area contributed by atoms with Gasteiger partial charge in [-0.2, -0.15) is 0 Å². The topological polar surface area (TPSA) is 3.24 Å². The molecule has 276 valence electrons. The van der Waals surface area contributed by atoms with Crippen LogP contribution in [0, 0.1) is 0 Å². The molecule has 0 aliphatic heterocycles. The highest BCUT2D eigenvalue weighted by Gasteiger charge is 2.25. The summed E-state index contributed by atoms with van der Waals surface area (Å²) in [7, 11) is 0. The molecule has 1 aliphatic carbocycles. The maximum absolute atomic E-state index is 2.41. The summed E-state index contributed by atoms with van der Waals surface area (Å²) in [6, 6.07) is 83.7. The van der Waals surface area contributed by atoms with E-state index >= 15 is 0 Å². The van der Waals surface area contributed by atoms with Crippen molar-refractivity contribution >= 4 is 50.3 Å². The quantitative estimate of drug-likeness (QED) is 0.150. The fraction of sp³-hybridized carbons (Fsp3) is 0. The molecule has 0 bridgehead atoms. The Morgan fingerprint density at radius 2 is 0.661 bits per heavy atom. The molecule has 59 heavy (non-hydrogen) atoms. The van der Waals surface area contributed by atoms with Gasteiger partial charge in [-0.05, 0) is 119 Å². The maximum Gasteiger partial charge on any atom is 0.0540 e. The Balaban J connectivity index is 1.07. The van der Waals surface area contributed by atoms with Crippen LogP contribution in [0.5, 0.6) is 0 Å². The second kappa shape index (κ2) is 14.6. The van der Waals surface area contributed by atoms with Crippen LogP contribution in [0.15, 0.2) is 231 Å². The summed E-state index contributed by atoms with van der Waals surface area (Å²) in [6.07, 6.45) is 2.41. The lowest BCUT2D eigenvalue weighted by Gasteiger charge is -2.28. The molecule has 0 unspecified atom stereocenters. The molecule has 11 rings (SSSR count). The predicted molar refractivity (Wildman–Crippen MR) is 251 cm³/mol. The minimum Gasteiger partial charge on any atom is -0.310 e. The van der Waals surface area contributed by atoms with Crippen molar-refractivity contribution in [3.63, 3.8) is 0 Å². The van der Waals surface area contributed by atoms with E-state index in [1.54, 1.807) is 0 Å². The van der Waals surface area contributed by atoms with Crippen LogP contribution in [0.25, 0.3) is 77.7 Å². The molecule has 0 radical (unpaired) electrons. The molecule has 10 aromatic carbocycles. The number of rotatable bonds is 8. The Labute approximate surface area is 345 Å². The van der Waals surface area contributed by atoms with Crippen molar-refractivity contribution in [1.29, 1.82) is 0 Å². The van der Waals surface area contributed by atoms with E-state index in [0.29, 0.717) is 0 Å². The molecule has 0 aromatic heterocycles. The Hall–Kier alpha value is -7.74. The molecule has 1 heteroatoms. The average Bonchev–Trinajstić information content (AvgIpc) is 3.70. The van der Waals surface area contributed by atoms with Gasteiger partial charge in [0.15, 0.2) is 0 Å².